The maximum Gasteiger partial charge on any atom is 0.144 e. The molecule has 0 radical (unpaired) electrons. The average molecular weight is 269 g/mol. The maximum atomic E-state index is 4.67. The van der Waals surface area contributed by atoms with Crippen molar-refractivity contribution >= 4 is 29.3 Å². The van der Waals surface area contributed by atoms with E-state index in [1.165, 1.54) is 11.5 Å². The number of aryl methyl sites for hydroxylation is 1. The Balaban J connectivity index is 2.21. The molecule has 1 aromatic heterocycles. The van der Waals surface area contributed by atoms with E-state index >= 15 is 0 Å². The average Bonchev–Trinajstić information content (AvgIpc) is 2.40. The molecule has 0 bridgehead atoms. The van der Waals surface area contributed by atoms with E-state index in [9.17, 15) is 0 Å². The van der Waals surface area contributed by atoms with Gasteiger partial charge in [-0.15, -0.1) is 11.8 Å². The lowest BCUT2D eigenvalue weighted by molar-refractivity contribution is 0.876. The van der Waals surface area contributed by atoms with E-state index in [4.69, 9.17) is 0 Å². The molecule has 1 aliphatic rings. The summed E-state index contributed by atoms with van der Waals surface area (Å²) in [6.07, 6.45) is 0.971. The van der Waals surface area contributed by atoms with Gasteiger partial charge in [0.25, 0.3) is 0 Å². The minimum atomic E-state index is 0.470. The number of rotatable bonds is 4. The van der Waals surface area contributed by atoms with Crippen LogP contribution in [0.2, 0.25) is 0 Å². The zero-order valence-corrected chi connectivity index (χ0v) is 12.0. The molecule has 1 N–H and O–H groups in total. The highest BCUT2D eigenvalue weighted by Crippen LogP contribution is 2.35. The van der Waals surface area contributed by atoms with Gasteiger partial charge >= 0.3 is 0 Å². The molecular weight excluding hydrogens is 250 g/mol. The largest absolute Gasteiger partial charge is 0.370 e. The Morgan fingerprint density at radius 1 is 1.35 bits per heavy atom. The molecule has 1 unspecified atom stereocenters. The smallest absolute Gasteiger partial charge is 0.144 e. The molecule has 0 aliphatic carbocycles. The number of hydrogen-bond donors (Lipinski definition) is 1. The second-order valence-electron chi connectivity index (χ2n) is 3.92. The van der Waals surface area contributed by atoms with E-state index < -0.39 is 0 Å². The van der Waals surface area contributed by atoms with Crippen LogP contribution >= 0.6 is 23.5 Å². The van der Waals surface area contributed by atoms with Gasteiger partial charge < -0.3 is 5.32 Å². The van der Waals surface area contributed by atoms with Gasteiger partial charge in [-0.3, -0.25) is 0 Å². The summed E-state index contributed by atoms with van der Waals surface area (Å²) in [6.45, 7) is 5.15. The second-order valence-corrected chi connectivity index (χ2v) is 6.38. The van der Waals surface area contributed by atoms with E-state index in [2.05, 4.69) is 35.2 Å². The molecule has 1 atom stereocenters. The molecule has 2 heterocycles. The molecule has 1 aliphatic heterocycles. The van der Waals surface area contributed by atoms with Gasteiger partial charge in [-0.05, 0) is 13.3 Å². The van der Waals surface area contributed by atoms with Gasteiger partial charge in [0.05, 0.1) is 5.25 Å². The summed E-state index contributed by atoms with van der Waals surface area (Å²) >= 11 is 4.00. The molecule has 0 saturated carbocycles. The van der Waals surface area contributed by atoms with Crippen LogP contribution in [0.5, 0.6) is 0 Å². The number of nitrogens with zero attached hydrogens (tertiary/aromatic N) is 2. The fraction of sp³-hybridized carbons (Fsp3) is 0.667. The number of anilines is 1. The third-order valence-electron chi connectivity index (χ3n) is 2.62. The predicted molar refractivity (Wildman–Crippen MR) is 78.1 cm³/mol. The van der Waals surface area contributed by atoms with Crippen molar-refractivity contribution in [2.75, 3.05) is 29.1 Å². The standard InChI is InChI=1S/C12H19N3S2/c1-3-9-7-11(13-4-2)15-12(14-9)10-8-16-5-6-17-10/h7,10H,3-6,8H2,1-2H3,(H,13,14,15). The van der Waals surface area contributed by atoms with E-state index in [1.54, 1.807) is 0 Å². The maximum absolute atomic E-state index is 4.67. The molecule has 94 valence electrons. The van der Waals surface area contributed by atoms with Crippen LogP contribution in [0.25, 0.3) is 0 Å². The van der Waals surface area contributed by atoms with Crippen LogP contribution in [0, 0.1) is 0 Å². The minimum Gasteiger partial charge on any atom is -0.370 e. The van der Waals surface area contributed by atoms with E-state index in [0.29, 0.717) is 5.25 Å². The Morgan fingerprint density at radius 2 is 2.24 bits per heavy atom. The fourth-order valence-corrected chi connectivity index (χ4v) is 4.35. The van der Waals surface area contributed by atoms with Crippen LogP contribution in [0.1, 0.15) is 30.6 Å². The Hall–Kier alpha value is -0.420. The van der Waals surface area contributed by atoms with Gasteiger partial charge in [0.1, 0.15) is 11.6 Å². The van der Waals surface area contributed by atoms with Crippen LogP contribution in [0.15, 0.2) is 6.07 Å². The van der Waals surface area contributed by atoms with E-state index in [0.717, 1.165) is 36.1 Å². The Labute approximate surface area is 112 Å². The Kier molecular flexibility index (Phi) is 4.98. The van der Waals surface area contributed by atoms with Gasteiger partial charge in [-0.25, -0.2) is 9.97 Å². The van der Waals surface area contributed by atoms with Gasteiger partial charge in [0.15, 0.2) is 0 Å². The number of aromatic nitrogens is 2. The molecule has 1 fully saturated rings. The summed E-state index contributed by atoms with van der Waals surface area (Å²) in [5.41, 5.74) is 1.14. The van der Waals surface area contributed by atoms with Crippen LogP contribution in [0.4, 0.5) is 5.82 Å². The predicted octanol–water partition coefficient (Wildman–Crippen LogP) is 2.99. The Morgan fingerprint density at radius 3 is 2.88 bits per heavy atom. The van der Waals surface area contributed by atoms with E-state index in [-0.39, 0.29) is 0 Å². The molecule has 1 aromatic rings. The molecule has 0 aromatic carbocycles. The molecule has 0 spiro atoms. The monoisotopic (exact) mass is 269 g/mol. The Bertz CT molecular complexity index is 365. The first kappa shape index (κ1) is 13.0. The molecule has 17 heavy (non-hydrogen) atoms. The molecule has 1 saturated heterocycles. The fourth-order valence-electron chi connectivity index (χ4n) is 1.75. The first-order valence-electron chi connectivity index (χ1n) is 6.14. The molecular formula is C12H19N3S2. The van der Waals surface area contributed by atoms with Crippen molar-refractivity contribution in [2.45, 2.75) is 25.5 Å². The third kappa shape index (κ3) is 3.52. The number of hydrogen-bond acceptors (Lipinski definition) is 5. The molecule has 3 nitrogen and oxygen atoms in total. The van der Waals surface area contributed by atoms with E-state index in [1.807, 2.05) is 23.5 Å². The first-order chi connectivity index (χ1) is 8.33. The summed E-state index contributed by atoms with van der Waals surface area (Å²) in [5.74, 6) is 5.60. The summed E-state index contributed by atoms with van der Waals surface area (Å²) in [4.78, 5) is 9.31. The van der Waals surface area contributed by atoms with Crippen molar-refractivity contribution in [3.05, 3.63) is 17.6 Å². The zero-order valence-electron chi connectivity index (χ0n) is 10.4. The summed E-state index contributed by atoms with van der Waals surface area (Å²) < 4.78 is 0. The molecule has 0 amide bonds. The van der Waals surface area contributed by atoms with Crippen molar-refractivity contribution in [3.8, 4) is 0 Å². The first-order valence-corrected chi connectivity index (χ1v) is 8.35. The highest BCUT2D eigenvalue weighted by Gasteiger charge is 2.20. The summed E-state index contributed by atoms with van der Waals surface area (Å²) in [5, 5.41) is 3.76. The summed E-state index contributed by atoms with van der Waals surface area (Å²) in [7, 11) is 0. The number of thioether (sulfide) groups is 2. The van der Waals surface area contributed by atoms with Crippen molar-refractivity contribution in [1.29, 1.82) is 0 Å². The highest BCUT2D eigenvalue weighted by molar-refractivity contribution is 8.06. The van der Waals surface area contributed by atoms with Crippen LogP contribution in [-0.4, -0.2) is 33.8 Å². The lowest BCUT2D eigenvalue weighted by Crippen LogP contribution is -2.13. The topological polar surface area (TPSA) is 37.8 Å². The minimum absolute atomic E-state index is 0.470. The summed E-state index contributed by atoms with van der Waals surface area (Å²) in [6, 6.07) is 2.06. The van der Waals surface area contributed by atoms with Gasteiger partial charge in [-0.1, -0.05) is 6.92 Å². The van der Waals surface area contributed by atoms with Gasteiger partial charge in [-0.2, -0.15) is 11.8 Å². The van der Waals surface area contributed by atoms with Crippen molar-refractivity contribution in [3.63, 3.8) is 0 Å². The quantitative estimate of drug-likeness (QED) is 0.909. The highest BCUT2D eigenvalue weighted by atomic mass is 32.2. The SMILES string of the molecule is CCNc1cc(CC)nc(C2CSCCS2)n1. The van der Waals surface area contributed by atoms with Crippen molar-refractivity contribution < 1.29 is 0 Å². The van der Waals surface area contributed by atoms with Crippen molar-refractivity contribution in [1.82, 2.24) is 9.97 Å². The normalized spacial score (nSPS) is 20.2. The van der Waals surface area contributed by atoms with Crippen LogP contribution in [-0.2, 0) is 6.42 Å². The number of nitrogens with one attached hydrogen (secondary N) is 1. The van der Waals surface area contributed by atoms with Crippen molar-refractivity contribution in [2.24, 2.45) is 0 Å². The molecule has 5 heteroatoms. The van der Waals surface area contributed by atoms with Gasteiger partial charge in [0, 0.05) is 35.6 Å². The molecule has 2 rings (SSSR count). The zero-order chi connectivity index (χ0) is 12.1. The van der Waals surface area contributed by atoms with Crippen LogP contribution < -0.4 is 5.32 Å². The van der Waals surface area contributed by atoms with Gasteiger partial charge in [0.2, 0.25) is 0 Å². The third-order valence-corrected chi connectivity index (χ3v) is 5.37. The van der Waals surface area contributed by atoms with Crippen LogP contribution in [0.3, 0.4) is 0 Å². The lowest BCUT2D eigenvalue weighted by atomic mass is 10.3. The lowest BCUT2D eigenvalue weighted by Gasteiger charge is -2.20. The second kappa shape index (κ2) is 6.50.